The van der Waals surface area contributed by atoms with Crippen molar-refractivity contribution in [2.24, 2.45) is 23.2 Å². The number of aromatic nitrogens is 3. The van der Waals surface area contributed by atoms with Crippen LogP contribution in [0.2, 0.25) is 0 Å². The summed E-state index contributed by atoms with van der Waals surface area (Å²) < 4.78 is 0. The summed E-state index contributed by atoms with van der Waals surface area (Å²) in [6.07, 6.45) is 9.95. The quantitative estimate of drug-likeness (QED) is 0.291. The number of hydrogen-bond donors (Lipinski definition) is 3. The van der Waals surface area contributed by atoms with Crippen LogP contribution in [0, 0.1) is 23.2 Å². The molecular formula is C31H31N5O2. The van der Waals surface area contributed by atoms with E-state index < -0.39 is 0 Å². The van der Waals surface area contributed by atoms with Gasteiger partial charge in [0.2, 0.25) is 5.91 Å². The van der Waals surface area contributed by atoms with Crippen molar-refractivity contribution in [3.8, 4) is 11.4 Å². The number of carbonyl (C=O) groups excluding carboxylic acids is 2. The fourth-order valence-corrected chi connectivity index (χ4v) is 7.34. The van der Waals surface area contributed by atoms with Gasteiger partial charge in [-0.3, -0.25) is 9.59 Å². The largest absolute Gasteiger partial charge is 0.338 e. The zero-order valence-electron chi connectivity index (χ0n) is 21.2. The fraction of sp³-hybridized carbons (Fsp3) is 0.355. The van der Waals surface area contributed by atoms with Crippen LogP contribution in [0.15, 0.2) is 66.9 Å². The van der Waals surface area contributed by atoms with Gasteiger partial charge >= 0.3 is 0 Å². The van der Waals surface area contributed by atoms with E-state index in [4.69, 9.17) is 4.98 Å². The van der Waals surface area contributed by atoms with E-state index in [1.165, 1.54) is 25.7 Å². The molecule has 3 aliphatic carbocycles. The molecule has 2 heterocycles. The number of H-pyrrole nitrogens is 1. The number of nitrogens with one attached hydrogen (secondary N) is 3. The van der Waals surface area contributed by atoms with Crippen LogP contribution in [0.5, 0.6) is 0 Å². The van der Waals surface area contributed by atoms with E-state index in [2.05, 4.69) is 20.6 Å². The molecule has 3 aliphatic rings. The molecule has 3 N–H and O–H groups in total. The monoisotopic (exact) mass is 505 g/mol. The van der Waals surface area contributed by atoms with Crippen molar-refractivity contribution in [1.29, 1.82) is 0 Å². The van der Waals surface area contributed by atoms with Crippen molar-refractivity contribution >= 4 is 34.4 Å². The molecule has 38 heavy (non-hydrogen) atoms. The molecule has 3 unspecified atom stereocenters. The number of aromatic amines is 1. The van der Waals surface area contributed by atoms with Gasteiger partial charge < -0.3 is 15.6 Å². The Bertz CT molecular complexity index is 1510. The van der Waals surface area contributed by atoms with Crippen LogP contribution < -0.4 is 10.6 Å². The molecule has 2 amide bonds. The van der Waals surface area contributed by atoms with Gasteiger partial charge in [0.1, 0.15) is 11.6 Å². The van der Waals surface area contributed by atoms with E-state index in [0.717, 1.165) is 59.6 Å². The van der Waals surface area contributed by atoms with Crippen LogP contribution in [-0.4, -0.2) is 26.8 Å². The van der Waals surface area contributed by atoms with Gasteiger partial charge in [0.15, 0.2) is 0 Å². The molecule has 7 heteroatoms. The lowest BCUT2D eigenvalue weighted by atomic mass is 9.67. The average Bonchev–Trinajstić information content (AvgIpc) is 3.45. The van der Waals surface area contributed by atoms with E-state index in [0.29, 0.717) is 16.9 Å². The summed E-state index contributed by atoms with van der Waals surface area (Å²) in [5.41, 5.74) is 3.64. The van der Waals surface area contributed by atoms with E-state index in [-0.39, 0.29) is 17.2 Å². The Morgan fingerprint density at radius 3 is 2.66 bits per heavy atom. The first-order valence-corrected chi connectivity index (χ1v) is 13.7. The topological polar surface area (TPSA) is 99.8 Å². The SMILES string of the molecule is O=C(Nc1ccccn1)c1ccc2[nH]c(-c3ccc(NC(=O)C45CCCC6C[C@@H](CC6C4)C5)cc3)nc2c1. The maximum Gasteiger partial charge on any atom is 0.256 e. The van der Waals surface area contributed by atoms with E-state index in [9.17, 15) is 9.59 Å². The zero-order chi connectivity index (χ0) is 25.7. The van der Waals surface area contributed by atoms with Crippen LogP contribution >= 0.6 is 0 Å². The fourth-order valence-electron chi connectivity index (χ4n) is 7.34. The zero-order valence-corrected chi connectivity index (χ0v) is 21.2. The second-order valence-corrected chi connectivity index (χ2v) is 11.5. The first-order chi connectivity index (χ1) is 18.5. The molecule has 2 aromatic carbocycles. The Hall–Kier alpha value is -4.00. The molecule has 7 rings (SSSR count). The lowest BCUT2D eigenvalue weighted by Gasteiger charge is -2.38. The smallest absolute Gasteiger partial charge is 0.256 e. The van der Waals surface area contributed by atoms with Crippen LogP contribution in [0.3, 0.4) is 0 Å². The molecular weight excluding hydrogens is 474 g/mol. The number of imidazole rings is 1. The molecule has 4 aromatic rings. The molecule has 0 radical (unpaired) electrons. The van der Waals surface area contributed by atoms with Crippen molar-refractivity contribution in [3.63, 3.8) is 0 Å². The Kier molecular flexibility index (Phi) is 5.53. The molecule has 0 spiro atoms. The molecule has 7 nitrogen and oxygen atoms in total. The number of rotatable bonds is 5. The van der Waals surface area contributed by atoms with E-state index >= 15 is 0 Å². The summed E-state index contributed by atoms with van der Waals surface area (Å²) >= 11 is 0. The highest BCUT2D eigenvalue weighted by Gasteiger charge is 2.52. The maximum atomic E-state index is 13.5. The lowest BCUT2D eigenvalue weighted by Crippen LogP contribution is -2.40. The standard InChI is InChI=1S/C31H31N5O2/c37-29(36-27-5-1-2-13-32-27)22-8-11-25-26(16-22)35-28(34-25)20-6-9-24(10-7-20)33-30(38)31-12-3-4-21-14-19(17-31)15-23(21)18-31/h1-2,5-11,13,16,19,21,23H,3-4,12,14-15,17-18H2,(H,33,38)(H,34,35)(H,32,36,37)/t19-,21?,23?,31?/m0/s1. The number of benzene rings is 2. The molecule has 192 valence electrons. The highest BCUT2D eigenvalue weighted by molar-refractivity contribution is 6.05. The Balaban J connectivity index is 1.06. The van der Waals surface area contributed by atoms with E-state index in [1.807, 2.05) is 36.4 Å². The minimum absolute atomic E-state index is 0.184. The number of fused-ring (bicyclic) bond motifs is 3. The summed E-state index contributed by atoms with van der Waals surface area (Å²) in [5, 5.41) is 6.06. The van der Waals surface area contributed by atoms with Gasteiger partial charge in [-0.15, -0.1) is 0 Å². The summed E-state index contributed by atoms with van der Waals surface area (Å²) in [7, 11) is 0. The maximum absolute atomic E-state index is 13.5. The highest BCUT2D eigenvalue weighted by atomic mass is 16.2. The van der Waals surface area contributed by atoms with Gasteiger partial charge in [0, 0.05) is 23.0 Å². The molecule has 3 saturated carbocycles. The minimum atomic E-state index is -0.232. The second kappa shape index (κ2) is 9.08. The van der Waals surface area contributed by atoms with Crippen molar-refractivity contribution in [2.45, 2.75) is 44.9 Å². The van der Waals surface area contributed by atoms with Gasteiger partial charge in [-0.25, -0.2) is 9.97 Å². The number of hydrogen-bond acceptors (Lipinski definition) is 4. The molecule has 3 fully saturated rings. The number of carbonyl (C=O) groups is 2. The van der Waals surface area contributed by atoms with Gasteiger partial charge in [-0.1, -0.05) is 18.9 Å². The third-order valence-electron chi connectivity index (χ3n) is 9.05. The predicted octanol–water partition coefficient (Wildman–Crippen LogP) is 6.42. The number of nitrogens with zero attached hydrogens (tertiary/aromatic N) is 2. The lowest BCUT2D eigenvalue weighted by molar-refractivity contribution is -0.129. The Morgan fingerprint density at radius 1 is 0.947 bits per heavy atom. The van der Waals surface area contributed by atoms with Crippen LogP contribution in [0.4, 0.5) is 11.5 Å². The van der Waals surface area contributed by atoms with Crippen molar-refractivity contribution in [3.05, 3.63) is 72.4 Å². The third kappa shape index (κ3) is 4.16. The molecule has 2 aromatic heterocycles. The number of pyridine rings is 1. The molecule has 0 saturated heterocycles. The second-order valence-electron chi connectivity index (χ2n) is 11.5. The van der Waals surface area contributed by atoms with E-state index in [1.54, 1.807) is 30.5 Å². The molecule has 3 bridgehead atoms. The highest BCUT2D eigenvalue weighted by Crippen LogP contribution is 2.59. The van der Waals surface area contributed by atoms with Crippen LogP contribution in [-0.2, 0) is 4.79 Å². The Morgan fingerprint density at radius 2 is 1.82 bits per heavy atom. The van der Waals surface area contributed by atoms with Crippen LogP contribution in [0.1, 0.15) is 55.3 Å². The molecule has 4 atom stereocenters. The number of anilines is 2. The van der Waals surface area contributed by atoms with Crippen molar-refractivity contribution < 1.29 is 9.59 Å². The minimum Gasteiger partial charge on any atom is -0.338 e. The normalized spacial score (nSPS) is 25.7. The summed E-state index contributed by atoms with van der Waals surface area (Å²) in [5.74, 6) is 3.55. The third-order valence-corrected chi connectivity index (χ3v) is 9.05. The number of amides is 2. The summed E-state index contributed by atoms with van der Waals surface area (Å²) in [6, 6.07) is 18.7. The predicted molar refractivity (Wildman–Crippen MR) is 148 cm³/mol. The summed E-state index contributed by atoms with van der Waals surface area (Å²) in [6.45, 7) is 0. The van der Waals surface area contributed by atoms with Gasteiger partial charge in [-0.2, -0.15) is 0 Å². The van der Waals surface area contributed by atoms with Crippen molar-refractivity contribution in [2.75, 3.05) is 10.6 Å². The van der Waals surface area contributed by atoms with Gasteiger partial charge in [0.25, 0.3) is 5.91 Å². The summed E-state index contributed by atoms with van der Waals surface area (Å²) in [4.78, 5) is 38.4. The van der Waals surface area contributed by atoms with Gasteiger partial charge in [0.05, 0.1) is 16.4 Å². The average molecular weight is 506 g/mol. The first kappa shape index (κ1) is 23.1. The first-order valence-electron chi connectivity index (χ1n) is 13.7. The van der Waals surface area contributed by atoms with Crippen molar-refractivity contribution in [1.82, 2.24) is 15.0 Å². The van der Waals surface area contributed by atoms with Gasteiger partial charge in [-0.05, 0) is 104 Å². The van der Waals surface area contributed by atoms with Crippen LogP contribution in [0.25, 0.3) is 22.4 Å². The molecule has 0 aliphatic heterocycles. The Labute approximate surface area is 221 Å².